The highest BCUT2D eigenvalue weighted by atomic mass is 16.5. The molecule has 0 saturated carbocycles. The van der Waals surface area contributed by atoms with E-state index >= 15 is 0 Å². The van der Waals surface area contributed by atoms with Gasteiger partial charge in [0.15, 0.2) is 0 Å². The predicted molar refractivity (Wildman–Crippen MR) is 62.4 cm³/mol. The van der Waals surface area contributed by atoms with Gasteiger partial charge in [-0.25, -0.2) is 0 Å². The third-order valence-corrected chi connectivity index (χ3v) is 2.54. The highest BCUT2D eigenvalue weighted by molar-refractivity contribution is 5.82. The summed E-state index contributed by atoms with van der Waals surface area (Å²) >= 11 is 0. The van der Waals surface area contributed by atoms with Gasteiger partial charge < -0.3 is 14.3 Å². The third-order valence-electron chi connectivity index (χ3n) is 2.54. The number of esters is 1. The molecular formula is C13H14O4. The molecule has 1 aromatic heterocycles. The first kappa shape index (κ1) is 11.7. The van der Waals surface area contributed by atoms with Gasteiger partial charge in [0.25, 0.3) is 0 Å². The van der Waals surface area contributed by atoms with Crippen molar-refractivity contribution < 1.29 is 19.1 Å². The molecule has 0 amide bonds. The van der Waals surface area contributed by atoms with Gasteiger partial charge in [0, 0.05) is 10.9 Å². The molecule has 1 N–H and O–H groups in total. The van der Waals surface area contributed by atoms with Crippen LogP contribution in [-0.2, 0) is 9.53 Å². The molecule has 0 radical (unpaired) electrons. The van der Waals surface area contributed by atoms with Crippen LogP contribution < -0.4 is 0 Å². The Bertz CT molecular complexity index is 515. The number of carbonyl (C=O) groups excluding carboxylic acids is 1. The first-order valence-electron chi connectivity index (χ1n) is 5.52. The van der Waals surface area contributed by atoms with E-state index in [9.17, 15) is 9.90 Å². The van der Waals surface area contributed by atoms with Crippen LogP contribution in [0.15, 0.2) is 34.9 Å². The van der Waals surface area contributed by atoms with Gasteiger partial charge in [-0.1, -0.05) is 18.2 Å². The molecule has 2 aromatic rings. The summed E-state index contributed by atoms with van der Waals surface area (Å²) in [5, 5.41) is 10.8. The molecule has 0 aliphatic rings. The monoisotopic (exact) mass is 234 g/mol. The van der Waals surface area contributed by atoms with Crippen LogP contribution >= 0.6 is 0 Å². The van der Waals surface area contributed by atoms with Gasteiger partial charge in [0.2, 0.25) is 0 Å². The number of fused-ring (bicyclic) bond motifs is 1. The molecule has 0 bridgehead atoms. The first-order chi connectivity index (χ1) is 8.22. The van der Waals surface area contributed by atoms with E-state index in [0.717, 1.165) is 5.39 Å². The van der Waals surface area contributed by atoms with Crippen molar-refractivity contribution in [3.63, 3.8) is 0 Å². The third kappa shape index (κ3) is 2.47. The Kier molecular flexibility index (Phi) is 3.44. The number of hydrogen-bond donors (Lipinski definition) is 1. The highest BCUT2D eigenvalue weighted by Crippen LogP contribution is 2.28. The van der Waals surface area contributed by atoms with E-state index in [1.165, 1.54) is 6.26 Å². The number of benzene rings is 1. The zero-order chi connectivity index (χ0) is 12.3. The van der Waals surface area contributed by atoms with Gasteiger partial charge in [-0.3, -0.25) is 4.79 Å². The second kappa shape index (κ2) is 5.01. The lowest BCUT2D eigenvalue weighted by Crippen LogP contribution is -2.09. The molecule has 1 aromatic carbocycles. The summed E-state index contributed by atoms with van der Waals surface area (Å²) in [6, 6.07) is 7.38. The fourth-order valence-electron chi connectivity index (χ4n) is 1.74. The smallest absolute Gasteiger partial charge is 0.308 e. The molecule has 4 nitrogen and oxygen atoms in total. The SMILES string of the molecule is CCOC(=O)CC(O)c1coc2ccccc12. The summed E-state index contributed by atoms with van der Waals surface area (Å²) in [7, 11) is 0. The van der Waals surface area contributed by atoms with Crippen LogP contribution in [0.5, 0.6) is 0 Å². The summed E-state index contributed by atoms with van der Waals surface area (Å²) < 4.78 is 10.1. The van der Waals surface area contributed by atoms with Gasteiger partial charge in [-0.2, -0.15) is 0 Å². The van der Waals surface area contributed by atoms with Crippen LogP contribution in [0.2, 0.25) is 0 Å². The standard InChI is InChI=1S/C13H14O4/c1-2-16-13(15)7-11(14)10-8-17-12-6-4-3-5-9(10)12/h3-6,8,11,14H,2,7H2,1H3. The van der Waals surface area contributed by atoms with Crippen molar-refractivity contribution in [1.82, 2.24) is 0 Å². The fraction of sp³-hybridized carbons (Fsp3) is 0.308. The largest absolute Gasteiger partial charge is 0.466 e. The van der Waals surface area contributed by atoms with Crippen LogP contribution in [-0.4, -0.2) is 17.7 Å². The highest BCUT2D eigenvalue weighted by Gasteiger charge is 2.18. The minimum absolute atomic E-state index is 0.0582. The average Bonchev–Trinajstić information content (AvgIpc) is 2.72. The number of rotatable bonds is 4. The summed E-state index contributed by atoms with van der Waals surface area (Å²) in [4.78, 5) is 11.3. The molecule has 0 aliphatic carbocycles. The number of para-hydroxylation sites is 1. The number of aliphatic hydroxyl groups excluding tert-OH is 1. The Morgan fingerprint density at radius 1 is 1.47 bits per heavy atom. The van der Waals surface area contributed by atoms with E-state index in [0.29, 0.717) is 17.8 Å². The van der Waals surface area contributed by atoms with Crippen LogP contribution in [0.3, 0.4) is 0 Å². The maximum atomic E-state index is 11.3. The molecule has 17 heavy (non-hydrogen) atoms. The number of furan rings is 1. The van der Waals surface area contributed by atoms with E-state index in [-0.39, 0.29) is 6.42 Å². The lowest BCUT2D eigenvalue weighted by Gasteiger charge is -2.08. The summed E-state index contributed by atoms with van der Waals surface area (Å²) in [5.41, 5.74) is 1.32. The zero-order valence-electron chi connectivity index (χ0n) is 9.55. The Hall–Kier alpha value is -1.81. The minimum atomic E-state index is -0.891. The van der Waals surface area contributed by atoms with Crippen molar-refractivity contribution in [2.24, 2.45) is 0 Å². The van der Waals surface area contributed by atoms with Gasteiger partial charge >= 0.3 is 5.97 Å². The molecule has 1 atom stereocenters. The van der Waals surface area contributed by atoms with E-state index in [1.807, 2.05) is 24.3 Å². The second-order valence-corrected chi connectivity index (χ2v) is 3.71. The van der Waals surface area contributed by atoms with Gasteiger partial charge in [-0.15, -0.1) is 0 Å². The van der Waals surface area contributed by atoms with E-state index < -0.39 is 12.1 Å². The lowest BCUT2D eigenvalue weighted by atomic mass is 10.1. The second-order valence-electron chi connectivity index (χ2n) is 3.71. The molecule has 0 saturated heterocycles. The van der Waals surface area contributed by atoms with Crippen LogP contribution in [0.25, 0.3) is 11.0 Å². The maximum Gasteiger partial charge on any atom is 0.308 e. The van der Waals surface area contributed by atoms with E-state index in [4.69, 9.17) is 9.15 Å². The Labute approximate surface area is 98.8 Å². The van der Waals surface area contributed by atoms with E-state index in [1.54, 1.807) is 6.92 Å². The average molecular weight is 234 g/mol. The van der Waals surface area contributed by atoms with Crippen LogP contribution in [0.1, 0.15) is 25.0 Å². The maximum absolute atomic E-state index is 11.3. The number of aliphatic hydroxyl groups is 1. The minimum Gasteiger partial charge on any atom is -0.466 e. The van der Waals surface area contributed by atoms with E-state index in [2.05, 4.69) is 0 Å². The predicted octanol–water partition coefficient (Wildman–Crippen LogP) is 2.42. The van der Waals surface area contributed by atoms with Gasteiger partial charge in [0.05, 0.1) is 25.4 Å². The molecule has 4 heteroatoms. The van der Waals surface area contributed by atoms with Crippen molar-refractivity contribution >= 4 is 16.9 Å². The lowest BCUT2D eigenvalue weighted by molar-refractivity contribution is -0.145. The van der Waals surface area contributed by atoms with Crippen molar-refractivity contribution in [2.75, 3.05) is 6.61 Å². The Morgan fingerprint density at radius 2 is 2.24 bits per heavy atom. The molecule has 0 spiro atoms. The Morgan fingerprint density at radius 3 is 3.00 bits per heavy atom. The summed E-state index contributed by atoms with van der Waals surface area (Å²) in [5.74, 6) is -0.412. The molecule has 1 heterocycles. The number of hydrogen-bond acceptors (Lipinski definition) is 4. The van der Waals surface area contributed by atoms with Crippen molar-refractivity contribution in [3.8, 4) is 0 Å². The van der Waals surface area contributed by atoms with Crippen LogP contribution in [0.4, 0.5) is 0 Å². The molecule has 0 fully saturated rings. The quantitative estimate of drug-likeness (QED) is 0.825. The molecule has 1 unspecified atom stereocenters. The number of ether oxygens (including phenoxy) is 1. The molecule has 90 valence electrons. The fourth-order valence-corrected chi connectivity index (χ4v) is 1.74. The van der Waals surface area contributed by atoms with Crippen molar-refractivity contribution in [2.45, 2.75) is 19.4 Å². The summed E-state index contributed by atoms with van der Waals surface area (Å²) in [6.07, 6.45) is 0.532. The van der Waals surface area contributed by atoms with Crippen molar-refractivity contribution in [1.29, 1.82) is 0 Å². The molecular weight excluding hydrogens is 220 g/mol. The van der Waals surface area contributed by atoms with Crippen LogP contribution in [0, 0.1) is 0 Å². The van der Waals surface area contributed by atoms with Crippen molar-refractivity contribution in [3.05, 3.63) is 36.1 Å². The topological polar surface area (TPSA) is 59.7 Å². The van der Waals surface area contributed by atoms with Gasteiger partial charge in [-0.05, 0) is 13.0 Å². The molecule has 0 aliphatic heterocycles. The molecule has 2 rings (SSSR count). The summed E-state index contributed by atoms with van der Waals surface area (Å²) in [6.45, 7) is 2.05. The Balaban J connectivity index is 2.19. The zero-order valence-corrected chi connectivity index (χ0v) is 9.55. The van der Waals surface area contributed by atoms with Gasteiger partial charge in [0.1, 0.15) is 5.58 Å². The first-order valence-corrected chi connectivity index (χ1v) is 5.52. The number of carbonyl (C=O) groups is 1. The normalized spacial score (nSPS) is 12.6.